The molecule has 3 N–H and O–H groups in total. The molecular formula is C44H45N5O8S. The van der Waals surface area contributed by atoms with E-state index in [1.807, 2.05) is 19.9 Å². The zero-order chi connectivity index (χ0) is 40.4. The summed E-state index contributed by atoms with van der Waals surface area (Å²) < 4.78 is 31.0. The second-order valence-corrected chi connectivity index (χ2v) is 17.4. The third-order valence-electron chi connectivity index (χ3n) is 13.2. The molecular weight excluding hydrogens is 759 g/mol. The van der Waals surface area contributed by atoms with Gasteiger partial charge in [-0.15, -0.1) is 18.3 Å². The maximum Gasteiger partial charge on any atom is 0.333 e. The van der Waals surface area contributed by atoms with Crippen molar-refractivity contribution in [2.75, 3.05) is 39.4 Å². The molecule has 2 fully saturated rings. The number of aromatic nitrogens is 1. The first-order valence-electron chi connectivity index (χ1n) is 19.8. The first-order valence-corrected chi connectivity index (χ1v) is 20.8. The molecule has 13 nitrogen and oxygen atoms in total. The predicted octanol–water partition coefficient (Wildman–Crippen LogP) is 5.62. The number of phenols is 1. The number of hydrogen-bond donors (Lipinski definition) is 3. The highest BCUT2D eigenvalue weighted by Gasteiger charge is 2.62. The van der Waals surface area contributed by atoms with Gasteiger partial charge >= 0.3 is 11.9 Å². The minimum atomic E-state index is -1.26. The van der Waals surface area contributed by atoms with Crippen LogP contribution in [-0.4, -0.2) is 89.3 Å². The van der Waals surface area contributed by atoms with Gasteiger partial charge < -0.3 is 33.8 Å². The number of phenolic OH excluding ortho intramolecular Hbond substituents is 1. The van der Waals surface area contributed by atoms with Gasteiger partial charge in [0.25, 0.3) is 0 Å². The first kappa shape index (κ1) is 37.1. The van der Waals surface area contributed by atoms with Crippen molar-refractivity contribution in [3.8, 4) is 34.8 Å². The molecule has 11 rings (SSSR count). The normalized spacial score (nSPS) is 28.2. The molecule has 1 unspecified atom stereocenters. The molecule has 14 heteroatoms. The summed E-state index contributed by atoms with van der Waals surface area (Å²) >= 11 is 1.55. The van der Waals surface area contributed by atoms with Crippen LogP contribution in [0.25, 0.3) is 10.9 Å². The third-order valence-corrected chi connectivity index (χ3v) is 14.7. The van der Waals surface area contributed by atoms with Gasteiger partial charge in [0.1, 0.15) is 18.4 Å². The van der Waals surface area contributed by atoms with E-state index in [1.165, 1.54) is 6.92 Å². The third kappa shape index (κ3) is 5.00. The summed E-state index contributed by atoms with van der Waals surface area (Å²) in [5.74, 6) is 1.06. The van der Waals surface area contributed by atoms with Gasteiger partial charge in [0, 0.05) is 71.0 Å². The number of benzene rings is 3. The minimum absolute atomic E-state index is 0.0457. The number of nitriles is 1. The Labute approximate surface area is 340 Å². The highest BCUT2D eigenvalue weighted by atomic mass is 32.2. The number of H-pyrrole nitrogens is 1. The Balaban J connectivity index is 1.26. The number of piperazine rings is 1. The van der Waals surface area contributed by atoms with Crippen LogP contribution in [0.1, 0.15) is 74.5 Å². The van der Waals surface area contributed by atoms with E-state index in [0.29, 0.717) is 53.6 Å². The molecule has 58 heavy (non-hydrogen) atoms. The smallest absolute Gasteiger partial charge is 0.333 e. The van der Waals surface area contributed by atoms with Gasteiger partial charge in [-0.05, 0) is 62.4 Å². The molecule has 7 aliphatic rings. The SMILES string of the molecule is C=CCN1[C@@H]2c3c(cc(C)c(OC)c3O)C[C@H]1[C@H](C#N)N1C2[C@@H]2SC[C@]3(NCCc4c3[nH]c3ccc(C)cc43)C(=O)OC[C@@H]1c1c3c(c(C)c(OC(C)=O)c12)OCO3. The summed E-state index contributed by atoms with van der Waals surface area (Å²) in [5.41, 5.74) is 7.14. The number of nitrogens with one attached hydrogen (secondary N) is 2. The molecule has 4 bridgehead atoms. The molecule has 300 valence electrons. The van der Waals surface area contributed by atoms with Crippen molar-refractivity contribution in [1.82, 2.24) is 20.1 Å². The Morgan fingerprint density at radius 2 is 1.97 bits per heavy atom. The number of hydrogen-bond acceptors (Lipinski definition) is 13. The first-order chi connectivity index (χ1) is 28.0. The molecule has 1 spiro atoms. The number of nitrogens with zero attached hydrogens (tertiary/aromatic N) is 3. The number of esters is 2. The van der Waals surface area contributed by atoms with Crippen LogP contribution in [0.15, 0.2) is 36.9 Å². The van der Waals surface area contributed by atoms with Crippen molar-refractivity contribution in [2.45, 2.75) is 81.5 Å². The van der Waals surface area contributed by atoms with Crippen LogP contribution in [-0.2, 0) is 32.7 Å². The summed E-state index contributed by atoms with van der Waals surface area (Å²) in [6.07, 6.45) is 3.05. The molecule has 4 aromatic rings. The monoisotopic (exact) mass is 803 g/mol. The lowest BCUT2D eigenvalue weighted by Gasteiger charge is -2.62. The standard InChI is InChI=1S/C44H45N5O8S/c1-7-12-48-28-15-24-14-21(3)37(53-6)36(51)31(24)34(48)35-41-33-32(40-39(55-19-56-40)22(4)38(33)57-23(5)50)30(49(35)29(28)16-45)17-54-43(52)44(18-58-41)42-25(10-11-46-44)26-13-20(2)8-9-27(26)47-42/h7-9,13-14,28-30,34-35,41,46-47,51H,1,10-12,15,17-19H2,2-6H3/t28-,29-,30+,34+,35?,41+,44+/m0/s1. The number of thioether (sulfide) groups is 1. The summed E-state index contributed by atoms with van der Waals surface area (Å²) in [7, 11) is 1.55. The second kappa shape index (κ2) is 13.4. The fraction of sp³-hybridized carbons (Fsp3) is 0.432. The average molecular weight is 804 g/mol. The van der Waals surface area contributed by atoms with Crippen LogP contribution >= 0.6 is 11.8 Å². The number of aryl methyl sites for hydroxylation is 2. The molecule has 0 radical (unpaired) electrons. The average Bonchev–Trinajstić information content (AvgIpc) is 3.84. The van der Waals surface area contributed by atoms with E-state index in [-0.39, 0.29) is 30.9 Å². The maximum absolute atomic E-state index is 15.0. The number of carbonyl (C=O) groups is 2. The maximum atomic E-state index is 15.0. The Kier molecular flexibility index (Phi) is 8.58. The van der Waals surface area contributed by atoms with Crippen molar-refractivity contribution < 1.29 is 38.4 Å². The number of aromatic amines is 1. The van der Waals surface area contributed by atoms with Crippen molar-refractivity contribution in [3.63, 3.8) is 0 Å². The quantitative estimate of drug-likeness (QED) is 0.133. The number of aromatic hydroxyl groups is 1. The number of ether oxygens (including phenoxy) is 5. The number of methoxy groups -OCH3 is 1. The Bertz CT molecular complexity index is 2510. The van der Waals surface area contributed by atoms with E-state index in [9.17, 15) is 20.0 Å². The minimum Gasteiger partial charge on any atom is -0.504 e. The Hall–Kier alpha value is -5.20. The highest BCUT2D eigenvalue weighted by molar-refractivity contribution is 7.99. The Morgan fingerprint density at radius 1 is 1.16 bits per heavy atom. The van der Waals surface area contributed by atoms with Gasteiger partial charge in [-0.1, -0.05) is 23.8 Å². The number of fused-ring (bicyclic) bond motifs is 11. The van der Waals surface area contributed by atoms with Gasteiger partial charge in [-0.3, -0.25) is 19.9 Å². The lowest BCUT2D eigenvalue weighted by molar-refractivity contribution is -0.157. The topological polar surface area (TPSA) is 159 Å². The molecule has 7 aliphatic heterocycles. The molecule has 1 aromatic heterocycles. The zero-order valence-electron chi connectivity index (χ0n) is 33.1. The predicted molar refractivity (Wildman–Crippen MR) is 215 cm³/mol. The summed E-state index contributed by atoms with van der Waals surface area (Å²) in [4.78, 5) is 36.1. The van der Waals surface area contributed by atoms with Crippen LogP contribution in [0.4, 0.5) is 0 Å². The van der Waals surface area contributed by atoms with Gasteiger partial charge in [0.15, 0.2) is 28.5 Å². The molecule has 2 saturated heterocycles. The fourth-order valence-electron chi connectivity index (χ4n) is 11.0. The van der Waals surface area contributed by atoms with Crippen LogP contribution in [0.3, 0.4) is 0 Å². The van der Waals surface area contributed by atoms with Crippen molar-refractivity contribution in [3.05, 3.63) is 87.1 Å². The van der Waals surface area contributed by atoms with Crippen LogP contribution in [0.2, 0.25) is 0 Å². The van der Waals surface area contributed by atoms with Crippen molar-refractivity contribution >= 4 is 34.6 Å². The molecule has 8 heterocycles. The summed E-state index contributed by atoms with van der Waals surface area (Å²) in [6.45, 7) is 12.2. The number of rotatable bonds is 4. The van der Waals surface area contributed by atoms with Crippen molar-refractivity contribution in [2.24, 2.45) is 0 Å². The van der Waals surface area contributed by atoms with Gasteiger partial charge in [0.2, 0.25) is 6.79 Å². The van der Waals surface area contributed by atoms with Crippen molar-refractivity contribution in [1.29, 1.82) is 5.26 Å². The van der Waals surface area contributed by atoms with Crippen LogP contribution in [0, 0.1) is 32.1 Å². The van der Waals surface area contributed by atoms with E-state index in [4.69, 9.17) is 23.7 Å². The molecule has 3 aromatic carbocycles. The van der Waals surface area contributed by atoms with Gasteiger partial charge in [0.05, 0.1) is 36.2 Å². The van der Waals surface area contributed by atoms with Gasteiger partial charge in [-0.25, -0.2) is 4.79 Å². The van der Waals surface area contributed by atoms with E-state index in [1.54, 1.807) is 18.9 Å². The summed E-state index contributed by atoms with van der Waals surface area (Å²) in [5, 5.41) is 27.7. The van der Waals surface area contributed by atoms with Gasteiger partial charge in [-0.2, -0.15) is 5.26 Å². The van der Waals surface area contributed by atoms with Crippen LogP contribution < -0.4 is 24.3 Å². The van der Waals surface area contributed by atoms with Crippen LogP contribution in [0.5, 0.6) is 28.7 Å². The van der Waals surface area contributed by atoms with E-state index < -0.39 is 46.9 Å². The fourth-order valence-corrected chi connectivity index (χ4v) is 12.7. The molecule has 0 saturated carbocycles. The highest BCUT2D eigenvalue weighted by Crippen LogP contribution is 2.65. The van der Waals surface area contributed by atoms with E-state index >= 15 is 0 Å². The zero-order valence-corrected chi connectivity index (χ0v) is 33.9. The largest absolute Gasteiger partial charge is 0.504 e. The van der Waals surface area contributed by atoms with E-state index in [2.05, 4.69) is 63.9 Å². The van der Waals surface area contributed by atoms with E-state index in [0.717, 1.165) is 56.4 Å². The summed E-state index contributed by atoms with van der Waals surface area (Å²) in [6, 6.07) is 8.27. The molecule has 0 amide bonds. The second-order valence-electron chi connectivity index (χ2n) is 16.3. The molecule has 7 atom stereocenters. The Morgan fingerprint density at radius 3 is 2.72 bits per heavy atom. The lowest BCUT2D eigenvalue weighted by Crippen LogP contribution is -2.70. The lowest BCUT2D eigenvalue weighted by atomic mass is 9.71. The number of carbonyl (C=O) groups excluding carboxylic acids is 2. The molecule has 0 aliphatic carbocycles.